The number of anilines is 1. The highest BCUT2D eigenvalue weighted by Crippen LogP contribution is 2.27. The van der Waals surface area contributed by atoms with Gasteiger partial charge in [0, 0.05) is 19.0 Å². The highest BCUT2D eigenvalue weighted by atomic mass is 32.1. The average Bonchev–Trinajstić information content (AvgIpc) is 3.23. The van der Waals surface area contributed by atoms with Crippen LogP contribution in [0.15, 0.2) is 53.2 Å². The van der Waals surface area contributed by atoms with Gasteiger partial charge in [0.25, 0.3) is 0 Å². The van der Waals surface area contributed by atoms with E-state index in [1.165, 1.54) is 11.3 Å². The Morgan fingerprint density at radius 3 is 2.69 bits per heavy atom. The molecule has 2 aromatic rings. The Hall–Kier alpha value is -2.93. The van der Waals surface area contributed by atoms with E-state index in [4.69, 9.17) is 9.57 Å². The fraction of sp³-hybridized carbons (Fsp3) is 0.211. The minimum Gasteiger partial charge on any atom is -0.461 e. The number of oxime groups is 1. The first kappa shape index (κ1) is 17.9. The molecular formula is C19H18N2O4S. The summed E-state index contributed by atoms with van der Waals surface area (Å²) in [6.07, 6.45) is 1.58. The minimum absolute atomic E-state index is 0.115. The summed E-state index contributed by atoms with van der Waals surface area (Å²) in [4.78, 5) is 31.6. The molecule has 0 fully saturated rings. The molecule has 1 aliphatic rings. The molecule has 134 valence electrons. The molecule has 1 aliphatic heterocycles. The van der Waals surface area contributed by atoms with E-state index in [0.717, 1.165) is 15.4 Å². The number of nitrogens with zero attached hydrogens (tertiary/aromatic N) is 2. The fourth-order valence-corrected chi connectivity index (χ4v) is 3.18. The summed E-state index contributed by atoms with van der Waals surface area (Å²) in [7, 11) is 3.89. The molecule has 0 atom stereocenters. The van der Waals surface area contributed by atoms with Crippen molar-refractivity contribution in [3.63, 3.8) is 0 Å². The second-order valence-electron chi connectivity index (χ2n) is 5.87. The Morgan fingerprint density at radius 1 is 1.23 bits per heavy atom. The Bertz CT molecular complexity index is 869. The number of hydrogen-bond acceptors (Lipinski definition) is 7. The van der Waals surface area contributed by atoms with Gasteiger partial charge in [-0.3, -0.25) is 4.79 Å². The van der Waals surface area contributed by atoms with Gasteiger partial charge >= 0.3 is 11.9 Å². The van der Waals surface area contributed by atoms with Gasteiger partial charge in [0.15, 0.2) is 0 Å². The van der Waals surface area contributed by atoms with E-state index in [2.05, 4.69) is 5.16 Å². The van der Waals surface area contributed by atoms with Crippen molar-refractivity contribution in [3.05, 3.63) is 58.5 Å². The molecular weight excluding hydrogens is 352 g/mol. The molecule has 0 radical (unpaired) electrons. The molecule has 0 unspecified atom stereocenters. The van der Waals surface area contributed by atoms with Crippen LogP contribution in [0.25, 0.3) is 6.08 Å². The molecule has 6 nitrogen and oxygen atoms in total. The maximum atomic E-state index is 12.1. The second kappa shape index (κ2) is 7.97. The molecule has 3 rings (SSSR count). The first-order valence-corrected chi connectivity index (χ1v) is 8.81. The largest absolute Gasteiger partial charge is 0.461 e. The van der Waals surface area contributed by atoms with Gasteiger partial charge in [0.05, 0.1) is 17.0 Å². The number of carbonyl (C=O) groups excluding carboxylic acids is 2. The summed E-state index contributed by atoms with van der Waals surface area (Å²) in [5.41, 5.74) is 1.47. The lowest BCUT2D eigenvalue weighted by Crippen LogP contribution is -2.13. The van der Waals surface area contributed by atoms with E-state index in [-0.39, 0.29) is 24.3 Å². The van der Waals surface area contributed by atoms with Crippen molar-refractivity contribution in [1.29, 1.82) is 0 Å². The van der Waals surface area contributed by atoms with E-state index in [1.54, 1.807) is 6.08 Å². The highest BCUT2D eigenvalue weighted by molar-refractivity contribution is 7.17. The fourth-order valence-electron chi connectivity index (χ4n) is 2.31. The number of benzene rings is 1. The van der Waals surface area contributed by atoms with Gasteiger partial charge in [-0.15, -0.1) is 11.3 Å². The third-order valence-electron chi connectivity index (χ3n) is 3.66. The molecule has 0 saturated heterocycles. The van der Waals surface area contributed by atoms with Gasteiger partial charge in [-0.05, 0) is 23.8 Å². The van der Waals surface area contributed by atoms with Gasteiger partial charge in [-0.25, -0.2) is 4.79 Å². The van der Waals surface area contributed by atoms with Gasteiger partial charge < -0.3 is 14.5 Å². The SMILES string of the molecule is CN(C)c1ccc(/C=C2\C(=O)ON=C2CC(=O)OCc2ccccc2)s1. The van der Waals surface area contributed by atoms with Crippen LogP contribution in [-0.4, -0.2) is 31.7 Å². The molecule has 0 amide bonds. The van der Waals surface area contributed by atoms with Crippen LogP contribution in [0.2, 0.25) is 0 Å². The highest BCUT2D eigenvalue weighted by Gasteiger charge is 2.28. The molecule has 1 aromatic carbocycles. The lowest BCUT2D eigenvalue weighted by Gasteiger charge is -2.07. The van der Waals surface area contributed by atoms with Crippen LogP contribution in [0, 0.1) is 0 Å². The van der Waals surface area contributed by atoms with E-state index in [1.807, 2.05) is 61.5 Å². The lowest BCUT2D eigenvalue weighted by atomic mass is 10.1. The third kappa shape index (κ3) is 4.37. The Balaban J connectivity index is 1.65. The monoisotopic (exact) mass is 370 g/mol. The van der Waals surface area contributed by atoms with Crippen LogP contribution < -0.4 is 4.90 Å². The molecule has 7 heteroatoms. The van der Waals surface area contributed by atoms with Crippen molar-refractivity contribution in [3.8, 4) is 0 Å². The van der Waals surface area contributed by atoms with Gasteiger partial charge in [0.2, 0.25) is 0 Å². The molecule has 26 heavy (non-hydrogen) atoms. The van der Waals surface area contributed by atoms with Crippen molar-refractivity contribution in [2.75, 3.05) is 19.0 Å². The van der Waals surface area contributed by atoms with Crippen LogP contribution in [-0.2, 0) is 25.8 Å². The summed E-state index contributed by atoms with van der Waals surface area (Å²) in [5, 5.41) is 4.78. The van der Waals surface area contributed by atoms with E-state index >= 15 is 0 Å². The number of rotatable bonds is 6. The Labute approximate surface area is 155 Å². The normalized spacial score (nSPS) is 14.9. The van der Waals surface area contributed by atoms with Crippen molar-refractivity contribution in [1.82, 2.24) is 0 Å². The zero-order valence-corrected chi connectivity index (χ0v) is 15.3. The summed E-state index contributed by atoms with van der Waals surface area (Å²) in [5.74, 6) is -1.02. The Morgan fingerprint density at radius 2 is 2.00 bits per heavy atom. The molecule has 2 heterocycles. The zero-order chi connectivity index (χ0) is 18.5. The summed E-state index contributed by atoms with van der Waals surface area (Å²) >= 11 is 1.53. The van der Waals surface area contributed by atoms with Gasteiger partial charge in [-0.2, -0.15) is 0 Å². The van der Waals surface area contributed by atoms with Crippen LogP contribution >= 0.6 is 11.3 Å². The van der Waals surface area contributed by atoms with Gasteiger partial charge in [-0.1, -0.05) is 35.5 Å². The third-order valence-corrected chi connectivity index (χ3v) is 4.86. The number of esters is 1. The Kier molecular flexibility index (Phi) is 5.48. The van der Waals surface area contributed by atoms with E-state index in [0.29, 0.717) is 0 Å². The average molecular weight is 370 g/mol. The zero-order valence-electron chi connectivity index (χ0n) is 14.5. The predicted molar refractivity (Wildman–Crippen MR) is 101 cm³/mol. The van der Waals surface area contributed by atoms with Crippen LogP contribution in [0.1, 0.15) is 16.9 Å². The standard InChI is InChI=1S/C19H18N2O4S/c1-21(2)17-9-8-14(26-17)10-15-16(20-25-19(15)23)11-18(22)24-12-13-6-4-3-5-7-13/h3-10H,11-12H2,1-2H3/b15-10-. The van der Waals surface area contributed by atoms with Crippen LogP contribution in [0.4, 0.5) is 5.00 Å². The van der Waals surface area contributed by atoms with Crippen molar-refractivity contribution in [2.45, 2.75) is 13.0 Å². The van der Waals surface area contributed by atoms with E-state index in [9.17, 15) is 9.59 Å². The number of carbonyl (C=O) groups is 2. The van der Waals surface area contributed by atoms with Crippen LogP contribution in [0.3, 0.4) is 0 Å². The summed E-state index contributed by atoms with van der Waals surface area (Å²) in [6.45, 7) is 0.178. The van der Waals surface area contributed by atoms with Gasteiger partial charge in [0.1, 0.15) is 12.3 Å². The smallest absolute Gasteiger partial charge is 0.367 e. The molecule has 0 bridgehead atoms. The molecule has 0 spiro atoms. The quantitative estimate of drug-likeness (QED) is 0.444. The lowest BCUT2D eigenvalue weighted by molar-refractivity contribution is -0.143. The molecule has 0 N–H and O–H groups in total. The van der Waals surface area contributed by atoms with Crippen molar-refractivity contribution >= 4 is 40.1 Å². The molecule has 1 aromatic heterocycles. The molecule has 0 saturated carbocycles. The second-order valence-corrected chi connectivity index (χ2v) is 6.96. The number of ether oxygens (including phenoxy) is 1. The summed E-state index contributed by atoms with van der Waals surface area (Å²) in [6, 6.07) is 13.3. The number of thiophene rings is 1. The maximum absolute atomic E-state index is 12.1. The number of hydrogen-bond donors (Lipinski definition) is 0. The minimum atomic E-state index is -0.560. The van der Waals surface area contributed by atoms with Crippen LogP contribution in [0.5, 0.6) is 0 Å². The maximum Gasteiger partial charge on any atom is 0.367 e. The predicted octanol–water partition coefficient (Wildman–Crippen LogP) is 3.24. The van der Waals surface area contributed by atoms with Crippen molar-refractivity contribution in [2.24, 2.45) is 5.16 Å². The first-order chi connectivity index (χ1) is 12.5. The van der Waals surface area contributed by atoms with E-state index < -0.39 is 11.9 Å². The topological polar surface area (TPSA) is 68.2 Å². The molecule has 0 aliphatic carbocycles. The first-order valence-electron chi connectivity index (χ1n) is 8.00. The summed E-state index contributed by atoms with van der Waals surface area (Å²) < 4.78 is 5.24. The van der Waals surface area contributed by atoms with Crippen molar-refractivity contribution < 1.29 is 19.2 Å².